The van der Waals surface area contributed by atoms with Gasteiger partial charge in [-0.3, -0.25) is 9.59 Å². The molecular weight excluding hydrogens is 378 g/mol. The second-order valence-electron chi connectivity index (χ2n) is 6.37. The van der Waals surface area contributed by atoms with Crippen LogP contribution in [0.15, 0.2) is 36.4 Å². The average Bonchev–Trinajstić information content (AvgIpc) is 2.73. The summed E-state index contributed by atoms with van der Waals surface area (Å²) >= 11 is 0. The van der Waals surface area contributed by atoms with Crippen LogP contribution >= 0.6 is 0 Å². The lowest BCUT2D eigenvalue weighted by molar-refractivity contribution is -0.123. The summed E-state index contributed by atoms with van der Waals surface area (Å²) in [5.41, 5.74) is 1.20. The Hall–Kier alpha value is -3.55. The van der Waals surface area contributed by atoms with Gasteiger partial charge in [-0.05, 0) is 50.2 Å². The first-order valence-corrected chi connectivity index (χ1v) is 8.99. The van der Waals surface area contributed by atoms with Crippen molar-refractivity contribution in [3.05, 3.63) is 47.5 Å². The Labute approximate surface area is 167 Å². The van der Waals surface area contributed by atoms with Crippen LogP contribution in [-0.4, -0.2) is 44.1 Å². The standard InChI is InChI=1S/C21H21NO7/c1-12(23)14-4-6-16(7-5-14)22-20(24)13(2)29-21(25)15-10-17(26-3)19-18(11-15)27-8-9-28-19/h4-7,10-11,13H,8-9H2,1-3H3,(H,22,24)/t13-/m0/s1. The van der Waals surface area contributed by atoms with E-state index >= 15 is 0 Å². The van der Waals surface area contributed by atoms with Gasteiger partial charge in [-0.2, -0.15) is 0 Å². The van der Waals surface area contributed by atoms with Crippen molar-refractivity contribution in [2.75, 3.05) is 25.6 Å². The molecular formula is C21H21NO7. The summed E-state index contributed by atoms with van der Waals surface area (Å²) in [5.74, 6) is -0.120. The van der Waals surface area contributed by atoms with E-state index < -0.39 is 18.0 Å². The molecule has 1 amide bonds. The second kappa shape index (κ2) is 8.64. The summed E-state index contributed by atoms with van der Waals surface area (Å²) in [7, 11) is 1.45. The molecule has 2 aromatic rings. The van der Waals surface area contributed by atoms with Crippen molar-refractivity contribution in [3.63, 3.8) is 0 Å². The largest absolute Gasteiger partial charge is 0.493 e. The van der Waals surface area contributed by atoms with Gasteiger partial charge >= 0.3 is 5.97 Å². The first-order chi connectivity index (χ1) is 13.9. The van der Waals surface area contributed by atoms with Gasteiger partial charge in [0.25, 0.3) is 5.91 Å². The van der Waals surface area contributed by atoms with Gasteiger partial charge in [0.05, 0.1) is 12.7 Å². The molecule has 1 heterocycles. The molecule has 0 radical (unpaired) electrons. The van der Waals surface area contributed by atoms with Gasteiger partial charge in [-0.15, -0.1) is 0 Å². The van der Waals surface area contributed by atoms with Crippen LogP contribution in [0, 0.1) is 0 Å². The van der Waals surface area contributed by atoms with E-state index in [0.717, 1.165) is 0 Å². The maximum atomic E-state index is 12.5. The number of benzene rings is 2. The molecule has 1 atom stereocenters. The zero-order chi connectivity index (χ0) is 21.0. The third-order valence-corrected chi connectivity index (χ3v) is 4.28. The van der Waals surface area contributed by atoms with Gasteiger partial charge < -0.3 is 24.3 Å². The van der Waals surface area contributed by atoms with E-state index in [0.29, 0.717) is 41.7 Å². The smallest absolute Gasteiger partial charge is 0.339 e. The topological polar surface area (TPSA) is 100 Å². The zero-order valence-corrected chi connectivity index (χ0v) is 16.3. The predicted molar refractivity (Wildman–Crippen MR) is 104 cm³/mol. The predicted octanol–water partition coefficient (Wildman–Crippen LogP) is 2.85. The molecule has 0 saturated heterocycles. The Morgan fingerprint density at radius 2 is 1.72 bits per heavy atom. The SMILES string of the molecule is COc1cc(C(=O)O[C@@H](C)C(=O)Nc2ccc(C(C)=O)cc2)cc2c1OCCO2. The van der Waals surface area contributed by atoms with Crippen LogP contribution in [0.4, 0.5) is 5.69 Å². The highest BCUT2D eigenvalue weighted by atomic mass is 16.6. The van der Waals surface area contributed by atoms with Crippen LogP contribution in [0.5, 0.6) is 17.2 Å². The number of nitrogens with one attached hydrogen (secondary N) is 1. The van der Waals surface area contributed by atoms with Crippen molar-refractivity contribution in [3.8, 4) is 17.2 Å². The molecule has 2 aromatic carbocycles. The molecule has 1 N–H and O–H groups in total. The molecule has 0 bridgehead atoms. The molecule has 0 aliphatic carbocycles. The maximum Gasteiger partial charge on any atom is 0.339 e. The van der Waals surface area contributed by atoms with Crippen LogP contribution in [0.25, 0.3) is 0 Å². The molecule has 0 aromatic heterocycles. The highest BCUT2D eigenvalue weighted by molar-refractivity contribution is 5.98. The Balaban J connectivity index is 1.66. The number of ether oxygens (including phenoxy) is 4. The van der Waals surface area contributed by atoms with Gasteiger partial charge in [0.1, 0.15) is 13.2 Å². The van der Waals surface area contributed by atoms with E-state index in [2.05, 4.69) is 5.32 Å². The fourth-order valence-electron chi connectivity index (χ4n) is 2.71. The van der Waals surface area contributed by atoms with E-state index in [1.54, 1.807) is 24.3 Å². The van der Waals surface area contributed by atoms with Crippen LogP contribution in [0.2, 0.25) is 0 Å². The Morgan fingerprint density at radius 1 is 1.03 bits per heavy atom. The Morgan fingerprint density at radius 3 is 2.38 bits per heavy atom. The number of hydrogen-bond donors (Lipinski definition) is 1. The van der Waals surface area contributed by atoms with Crippen LogP contribution < -0.4 is 19.5 Å². The van der Waals surface area contributed by atoms with Crippen molar-refractivity contribution in [1.82, 2.24) is 0 Å². The minimum Gasteiger partial charge on any atom is -0.493 e. The molecule has 0 spiro atoms. The summed E-state index contributed by atoms with van der Waals surface area (Å²) in [5, 5.41) is 2.64. The molecule has 152 valence electrons. The van der Waals surface area contributed by atoms with Gasteiger partial charge in [0, 0.05) is 11.3 Å². The number of fused-ring (bicyclic) bond motifs is 1. The lowest BCUT2D eigenvalue weighted by Gasteiger charge is -2.21. The summed E-state index contributed by atoms with van der Waals surface area (Å²) in [4.78, 5) is 36.1. The Kier molecular flexibility index (Phi) is 6.01. The number of hydrogen-bond acceptors (Lipinski definition) is 7. The highest BCUT2D eigenvalue weighted by Crippen LogP contribution is 2.40. The summed E-state index contributed by atoms with van der Waals surface area (Å²) in [6, 6.07) is 9.39. The van der Waals surface area contributed by atoms with Gasteiger partial charge in [0.2, 0.25) is 5.75 Å². The lowest BCUT2D eigenvalue weighted by atomic mass is 10.1. The average molecular weight is 399 g/mol. The fraction of sp³-hybridized carbons (Fsp3) is 0.286. The number of esters is 1. The van der Waals surface area contributed by atoms with Gasteiger partial charge in [0.15, 0.2) is 23.4 Å². The molecule has 29 heavy (non-hydrogen) atoms. The van der Waals surface area contributed by atoms with Gasteiger partial charge in [-0.1, -0.05) is 0 Å². The van der Waals surface area contributed by atoms with E-state index in [-0.39, 0.29) is 11.3 Å². The Bertz CT molecular complexity index is 920. The molecule has 0 saturated carbocycles. The summed E-state index contributed by atoms with van der Waals surface area (Å²) in [6.07, 6.45) is -1.05. The molecule has 8 nitrogen and oxygen atoms in total. The first kappa shape index (κ1) is 20.2. The minimum absolute atomic E-state index is 0.0694. The number of anilines is 1. The third kappa shape index (κ3) is 4.66. The second-order valence-corrected chi connectivity index (χ2v) is 6.37. The maximum absolute atomic E-state index is 12.5. The van der Waals surface area contributed by atoms with Crippen molar-refractivity contribution < 1.29 is 33.3 Å². The number of ketones is 1. The molecule has 3 rings (SSSR count). The lowest BCUT2D eigenvalue weighted by Crippen LogP contribution is -2.30. The van der Waals surface area contributed by atoms with Crippen LogP contribution in [0.3, 0.4) is 0 Å². The number of methoxy groups -OCH3 is 1. The number of amides is 1. The van der Waals surface area contributed by atoms with Crippen molar-refractivity contribution in [2.24, 2.45) is 0 Å². The van der Waals surface area contributed by atoms with E-state index in [9.17, 15) is 14.4 Å². The highest BCUT2D eigenvalue weighted by Gasteiger charge is 2.24. The molecule has 8 heteroatoms. The van der Waals surface area contributed by atoms with E-state index in [4.69, 9.17) is 18.9 Å². The molecule has 1 aliphatic heterocycles. The quantitative estimate of drug-likeness (QED) is 0.589. The summed E-state index contributed by atoms with van der Waals surface area (Å²) < 4.78 is 21.5. The number of carbonyl (C=O) groups excluding carboxylic acids is 3. The number of rotatable bonds is 6. The normalized spacial score (nSPS) is 13.2. The van der Waals surface area contributed by atoms with Crippen LogP contribution in [0.1, 0.15) is 34.6 Å². The minimum atomic E-state index is -1.05. The zero-order valence-electron chi connectivity index (χ0n) is 16.3. The monoisotopic (exact) mass is 399 g/mol. The van der Waals surface area contributed by atoms with Crippen molar-refractivity contribution in [1.29, 1.82) is 0 Å². The first-order valence-electron chi connectivity index (χ1n) is 8.99. The van der Waals surface area contributed by atoms with Crippen molar-refractivity contribution in [2.45, 2.75) is 20.0 Å². The van der Waals surface area contributed by atoms with E-state index in [1.165, 1.54) is 33.1 Å². The molecule has 1 aliphatic rings. The fourth-order valence-corrected chi connectivity index (χ4v) is 2.71. The molecule has 0 fully saturated rings. The van der Waals surface area contributed by atoms with E-state index in [1.807, 2.05) is 0 Å². The number of Topliss-reactive ketones (excluding diaryl/α,β-unsaturated/α-hetero) is 1. The van der Waals surface area contributed by atoms with Crippen LogP contribution in [-0.2, 0) is 9.53 Å². The third-order valence-electron chi connectivity index (χ3n) is 4.28. The number of carbonyl (C=O) groups is 3. The summed E-state index contributed by atoms with van der Waals surface area (Å²) in [6.45, 7) is 3.67. The van der Waals surface area contributed by atoms with Crippen molar-refractivity contribution >= 4 is 23.3 Å². The van der Waals surface area contributed by atoms with Gasteiger partial charge in [-0.25, -0.2) is 4.79 Å². The molecule has 0 unspecified atom stereocenters.